The lowest BCUT2D eigenvalue weighted by Gasteiger charge is -2.27. The highest BCUT2D eigenvalue weighted by atomic mass is 16.1. The molecule has 0 radical (unpaired) electrons. The summed E-state index contributed by atoms with van der Waals surface area (Å²) < 4.78 is 0. The smallest absolute Gasteiger partial charge is 0.136 e. The molecule has 0 aliphatic heterocycles. The van der Waals surface area contributed by atoms with Crippen LogP contribution in [0.2, 0.25) is 0 Å². The third kappa shape index (κ3) is 4.80. The topological polar surface area (TPSA) is 34.1 Å². The minimum Gasteiger partial charge on any atom is -0.299 e. The van der Waals surface area contributed by atoms with E-state index in [1.165, 1.54) is 5.56 Å². The lowest BCUT2D eigenvalue weighted by atomic mass is 9.76. The second kappa shape index (κ2) is 8.11. The highest BCUT2D eigenvalue weighted by Crippen LogP contribution is 2.32. The van der Waals surface area contributed by atoms with Crippen LogP contribution in [-0.4, -0.2) is 11.6 Å². The molecule has 2 unspecified atom stereocenters. The molecule has 0 N–H and O–H groups in total. The average Bonchev–Trinajstić information content (AvgIpc) is 2.54. The zero-order valence-electron chi connectivity index (χ0n) is 13.0. The van der Waals surface area contributed by atoms with Crippen LogP contribution < -0.4 is 0 Å². The van der Waals surface area contributed by atoms with E-state index in [9.17, 15) is 9.59 Å². The van der Waals surface area contributed by atoms with Gasteiger partial charge in [0.2, 0.25) is 0 Å². The Bertz CT molecular complexity index is 464. The summed E-state index contributed by atoms with van der Waals surface area (Å²) in [6.45, 7) is 2.04. The largest absolute Gasteiger partial charge is 0.299 e. The number of hydrogen-bond donors (Lipinski definition) is 0. The van der Waals surface area contributed by atoms with Gasteiger partial charge in [-0.05, 0) is 37.7 Å². The Hall–Kier alpha value is -1.44. The number of ketones is 2. The van der Waals surface area contributed by atoms with E-state index >= 15 is 0 Å². The third-order valence-corrected chi connectivity index (χ3v) is 4.58. The van der Waals surface area contributed by atoms with Gasteiger partial charge in [0.25, 0.3) is 0 Å². The molecule has 114 valence electrons. The average molecular weight is 286 g/mol. The van der Waals surface area contributed by atoms with Crippen LogP contribution in [0.5, 0.6) is 0 Å². The van der Waals surface area contributed by atoms with Crippen LogP contribution in [0.15, 0.2) is 30.3 Å². The second-order valence-corrected chi connectivity index (χ2v) is 6.23. The molecule has 2 rings (SSSR count). The van der Waals surface area contributed by atoms with Gasteiger partial charge < -0.3 is 0 Å². The molecule has 0 bridgehead atoms. The van der Waals surface area contributed by atoms with Gasteiger partial charge in [-0.15, -0.1) is 0 Å². The maximum absolute atomic E-state index is 12.4. The molecule has 2 nitrogen and oxygen atoms in total. The summed E-state index contributed by atoms with van der Waals surface area (Å²) in [5.74, 6) is 0.989. The van der Waals surface area contributed by atoms with E-state index in [-0.39, 0.29) is 11.8 Å². The van der Waals surface area contributed by atoms with Crippen LogP contribution in [0, 0.1) is 11.8 Å². The molecule has 2 atom stereocenters. The van der Waals surface area contributed by atoms with Crippen molar-refractivity contribution in [1.29, 1.82) is 0 Å². The highest BCUT2D eigenvalue weighted by molar-refractivity contribution is 5.84. The van der Waals surface area contributed by atoms with Gasteiger partial charge in [0, 0.05) is 24.7 Å². The minimum absolute atomic E-state index is 0.119. The zero-order chi connectivity index (χ0) is 15.1. The van der Waals surface area contributed by atoms with E-state index in [4.69, 9.17) is 0 Å². The quantitative estimate of drug-likeness (QED) is 0.746. The summed E-state index contributed by atoms with van der Waals surface area (Å²) in [4.78, 5) is 24.4. The van der Waals surface area contributed by atoms with E-state index in [1.807, 2.05) is 25.1 Å². The Labute approximate surface area is 127 Å². The molecule has 0 saturated heterocycles. The van der Waals surface area contributed by atoms with Gasteiger partial charge in [0.05, 0.1) is 0 Å². The maximum Gasteiger partial charge on any atom is 0.136 e. The van der Waals surface area contributed by atoms with Crippen LogP contribution in [0.3, 0.4) is 0 Å². The van der Waals surface area contributed by atoms with Gasteiger partial charge in [0.15, 0.2) is 0 Å². The molecule has 0 heterocycles. The lowest BCUT2D eigenvalue weighted by Crippen LogP contribution is -2.27. The maximum atomic E-state index is 12.4. The molecule has 1 aromatic rings. The molecule has 1 aliphatic rings. The Kier molecular flexibility index (Phi) is 6.16. The van der Waals surface area contributed by atoms with E-state index in [0.29, 0.717) is 24.4 Å². The first-order chi connectivity index (χ1) is 10.2. The number of hydrogen-bond acceptors (Lipinski definition) is 2. The molecule has 1 aromatic carbocycles. The first-order valence-electron chi connectivity index (χ1n) is 8.30. The van der Waals surface area contributed by atoms with Gasteiger partial charge in [-0.2, -0.15) is 0 Å². The Morgan fingerprint density at radius 2 is 1.62 bits per heavy atom. The van der Waals surface area contributed by atoms with Gasteiger partial charge in [-0.1, -0.05) is 43.7 Å². The number of carbonyl (C=O) groups excluding carboxylic acids is 2. The van der Waals surface area contributed by atoms with Crippen molar-refractivity contribution < 1.29 is 9.59 Å². The summed E-state index contributed by atoms with van der Waals surface area (Å²) >= 11 is 0. The Morgan fingerprint density at radius 3 is 2.24 bits per heavy atom. The molecule has 1 aliphatic carbocycles. The fourth-order valence-corrected chi connectivity index (χ4v) is 3.34. The van der Waals surface area contributed by atoms with Crippen molar-refractivity contribution in [2.45, 2.75) is 58.3 Å². The van der Waals surface area contributed by atoms with Crippen LogP contribution in [0.1, 0.15) is 57.4 Å². The van der Waals surface area contributed by atoms with Crippen LogP contribution in [0.25, 0.3) is 0 Å². The molecule has 1 saturated carbocycles. The fourth-order valence-electron chi connectivity index (χ4n) is 3.34. The normalized spacial score (nSPS) is 22.0. The molecule has 0 spiro atoms. The van der Waals surface area contributed by atoms with Crippen molar-refractivity contribution in [3.8, 4) is 0 Å². The number of Topliss-reactive ketones (excluding diaryl/α,β-unsaturated/α-hetero) is 2. The summed E-state index contributed by atoms with van der Waals surface area (Å²) in [6.07, 6.45) is 6.82. The summed E-state index contributed by atoms with van der Waals surface area (Å²) in [5.41, 5.74) is 1.22. The fraction of sp³-hybridized carbons (Fsp3) is 0.579. The van der Waals surface area contributed by atoms with Gasteiger partial charge in [0.1, 0.15) is 11.6 Å². The number of benzene rings is 1. The zero-order valence-corrected chi connectivity index (χ0v) is 13.0. The van der Waals surface area contributed by atoms with Crippen molar-refractivity contribution in [1.82, 2.24) is 0 Å². The van der Waals surface area contributed by atoms with E-state index in [2.05, 4.69) is 12.1 Å². The third-order valence-electron chi connectivity index (χ3n) is 4.58. The lowest BCUT2D eigenvalue weighted by molar-refractivity contribution is -0.127. The highest BCUT2D eigenvalue weighted by Gasteiger charge is 2.30. The number of rotatable bonds is 7. The molecule has 0 amide bonds. The van der Waals surface area contributed by atoms with Crippen LogP contribution in [0.4, 0.5) is 0 Å². The summed E-state index contributed by atoms with van der Waals surface area (Å²) in [6, 6.07) is 10.2. The van der Waals surface area contributed by atoms with Crippen molar-refractivity contribution in [3.63, 3.8) is 0 Å². The molecular weight excluding hydrogens is 260 g/mol. The summed E-state index contributed by atoms with van der Waals surface area (Å²) in [7, 11) is 0. The molecule has 21 heavy (non-hydrogen) atoms. The van der Waals surface area contributed by atoms with Crippen LogP contribution >= 0.6 is 0 Å². The summed E-state index contributed by atoms with van der Waals surface area (Å²) in [5, 5.41) is 0. The molecule has 1 fully saturated rings. The Balaban J connectivity index is 1.83. The number of carbonyl (C=O) groups is 2. The first kappa shape index (κ1) is 15.9. The minimum atomic E-state index is 0.119. The van der Waals surface area contributed by atoms with Gasteiger partial charge >= 0.3 is 0 Å². The Morgan fingerprint density at radius 1 is 1.00 bits per heavy atom. The van der Waals surface area contributed by atoms with Crippen LogP contribution in [-0.2, 0) is 16.0 Å². The monoisotopic (exact) mass is 286 g/mol. The van der Waals surface area contributed by atoms with Crippen molar-refractivity contribution >= 4 is 11.6 Å². The van der Waals surface area contributed by atoms with E-state index in [1.54, 1.807) is 0 Å². The van der Waals surface area contributed by atoms with Crippen molar-refractivity contribution in [3.05, 3.63) is 35.9 Å². The molecule has 0 aromatic heterocycles. The molecule has 2 heteroatoms. The van der Waals surface area contributed by atoms with Gasteiger partial charge in [-0.25, -0.2) is 0 Å². The second-order valence-electron chi connectivity index (χ2n) is 6.23. The van der Waals surface area contributed by atoms with Gasteiger partial charge in [-0.3, -0.25) is 9.59 Å². The predicted octanol–water partition coefficient (Wildman–Crippen LogP) is 4.36. The predicted molar refractivity (Wildman–Crippen MR) is 85.1 cm³/mol. The van der Waals surface area contributed by atoms with E-state index in [0.717, 1.165) is 38.5 Å². The number of aryl methyl sites for hydroxylation is 1. The SMILES string of the molecule is CCCC(=O)C1CCCC(C(=O)CCc2ccccc2)C1. The van der Waals surface area contributed by atoms with E-state index < -0.39 is 0 Å². The van der Waals surface area contributed by atoms with Crippen molar-refractivity contribution in [2.75, 3.05) is 0 Å². The first-order valence-corrected chi connectivity index (χ1v) is 8.30. The molecular formula is C19H26O2. The van der Waals surface area contributed by atoms with Crippen molar-refractivity contribution in [2.24, 2.45) is 11.8 Å². The standard InChI is InChI=1S/C19H26O2/c1-2-7-18(20)16-10-6-11-17(14-16)19(21)13-12-15-8-4-3-5-9-15/h3-5,8-9,16-17H,2,6-7,10-14H2,1H3.